The van der Waals surface area contributed by atoms with Crippen molar-refractivity contribution in [3.8, 4) is 11.4 Å². The first-order valence-corrected chi connectivity index (χ1v) is 12.9. The molecule has 2 atom stereocenters. The maximum Gasteiger partial charge on any atom is 0.318 e. The number of urea groups is 1. The number of hydrogen-bond acceptors (Lipinski definition) is 7. The van der Waals surface area contributed by atoms with E-state index < -0.39 is 0 Å². The van der Waals surface area contributed by atoms with Crippen LogP contribution in [-0.2, 0) is 9.47 Å². The average molecular weight is 492 g/mol. The Kier molecular flexibility index (Phi) is 6.22. The Morgan fingerprint density at radius 1 is 1.03 bits per heavy atom. The van der Waals surface area contributed by atoms with Gasteiger partial charge in [0.15, 0.2) is 11.5 Å². The molecule has 2 amide bonds. The normalized spacial score (nSPS) is 25.8. The van der Waals surface area contributed by atoms with Crippen molar-refractivity contribution in [1.29, 1.82) is 0 Å². The second-order valence-electron chi connectivity index (χ2n) is 10.0. The summed E-state index contributed by atoms with van der Waals surface area (Å²) >= 11 is 0. The molecule has 2 bridgehead atoms. The fourth-order valence-corrected chi connectivity index (χ4v) is 5.76. The van der Waals surface area contributed by atoms with Crippen molar-refractivity contribution in [1.82, 2.24) is 25.1 Å². The van der Waals surface area contributed by atoms with E-state index in [1.54, 1.807) is 14.2 Å². The lowest BCUT2D eigenvalue weighted by Gasteiger charge is -2.33. The van der Waals surface area contributed by atoms with Crippen LogP contribution in [0.2, 0.25) is 0 Å². The molecule has 10 heteroatoms. The van der Waals surface area contributed by atoms with E-state index in [1.165, 1.54) is 0 Å². The monoisotopic (exact) mass is 491 g/mol. The molecular formula is C26H33N7O3. The number of nitrogens with zero attached hydrogens (tertiary/aromatic N) is 5. The van der Waals surface area contributed by atoms with Crippen molar-refractivity contribution >= 4 is 28.6 Å². The highest BCUT2D eigenvalue weighted by molar-refractivity contribution is 5.90. The Balaban J connectivity index is 1.39. The molecule has 4 heterocycles. The fraction of sp³-hybridized carbons (Fsp3) is 0.538. The molecule has 36 heavy (non-hydrogen) atoms. The highest BCUT2D eigenvalue weighted by atomic mass is 16.5. The van der Waals surface area contributed by atoms with Crippen LogP contribution in [0.5, 0.6) is 0 Å². The topological polar surface area (TPSA) is 106 Å². The number of rotatable bonds is 5. The molecule has 2 unspecified atom stereocenters. The first-order valence-electron chi connectivity index (χ1n) is 12.9. The van der Waals surface area contributed by atoms with Gasteiger partial charge < -0.3 is 25.0 Å². The Morgan fingerprint density at radius 2 is 1.75 bits per heavy atom. The zero-order chi connectivity index (χ0) is 24.6. The van der Waals surface area contributed by atoms with Gasteiger partial charge >= 0.3 is 6.03 Å². The molecule has 2 aromatic heterocycles. The standard InChI is InChI=1S/C26H33N7O3/c1-27-26(34)29-17-5-3-16(4-6-17)23-30-24(32-14-20-11-12-21(15-32)36-20)22-13-28-33(25(22)31-23)18-7-9-19(35-2)10-8-18/h3-6,13,18-21H,7-12,14-15H2,1-2H3,(H2,27,29,34)/t18-,19-,20?,21?. The van der Waals surface area contributed by atoms with Crippen LogP contribution < -0.4 is 15.5 Å². The minimum Gasteiger partial charge on any atom is -0.381 e. The molecule has 6 rings (SSSR count). The molecule has 1 saturated carbocycles. The third kappa shape index (κ3) is 4.39. The Hall–Kier alpha value is -3.24. The molecule has 2 N–H and O–H groups in total. The van der Waals surface area contributed by atoms with E-state index >= 15 is 0 Å². The molecule has 3 fully saturated rings. The van der Waals surface area contributed by atoms with E-state index in [0.29, 0.717) is 23.7 Å². The average Bonchev–Trinajstić information content (AvgIpc) is 3.50. The number of hydrogen-bond donors (Lipinski definition) is 2. The van der Waals surface area contributed by atoms with Crippen molar-refractivity contribution in [2.75, 3.05) is 37.5 Å². The summed E-state index contributed by atoms with van der Waals surface area (Å²) in [6.45, 7) is 1.67. The molecule has 2 aliphatic heterocycles. The highest BCUT2D eigenvalue weighted by Gasteiger charge is 2.36. The third-order valence-corrected chi connectivity index (χ3v) is 7.73. The van der Waals surface area contributed by atoms with Gasteiger partial charge in [0.2, 0.25) is 0 Å². The summed E-state index contributed by atoms with van der Waals surface area (Å²) in [5.74, 6) is 1.59. The third-order valence-electron chi connectivity index (χ3n) is 7.73. The van der Waals surface area contributed by atoms with E-state index in [9.17, 15) is 4.79 Å². The second-order valence-corrected chi connectivity index (χ2v) is 10.0. The zero-order valence-electron chi connectivity index (χ0n) is 20.8. The number of ether oxygens (including phenoxy) is 2. The number of aromatic nitrogens is 4. The van der Waals surface area contributed by atoms with Crippen molar-refractivity contribution in [3.63, 3.8) is 0 Å². The summed E-state index contributed by atoms with van der Waals surface area (Å²) in [5, 5.41) is 11.2. The van der Waals surface area contributed by atoms with Crippen LogP contribution in [0, 0.1) is 0 Å². The number of morpholine rings is 1. The van der Waals surface area contributed by atoms with Gasteiger partial charge in [0.1, 0.15) is 5.82 Å². The lowest BCUT2D eigenvalue weighted by atomic mass is 9.93. The molecular weight excluding hydrogens is 458 g/mol. The van der Waals surface area contributed by atoms with E-state index in [0.717, 1.165) is 74.0 Å². The molecule has 0 radical (unpaired) electrons. The van der Waals surface area contributed by atoms with Crippen LogP contribution >= 0.6 is 0 Å². The van der Waals surface area contributed by atoms with Gasteiger partial charge in [0.05, 0.1) is 35.9 Å². The van der Waals surface area contributed by atoms with Gasteiger partial charge in [-0.1, -0.05) is 0 Å². The summed E-state index contributed by atoms with van der Waals surface area (Å²) in [4.78, 5) is 24.1. The number of benzene rings is 1. The summed E-state index contributed by atoms with van der Waals surface area (Å²) in [7, 11) is 3.39. The van der Waals surface area contributed by atoms with Crippen LogP contribution in [-0.4, -0.2) is 71.3 Å². The predicted molar refractivity (Wildman–Crippen MR) is 137 cm³/mol. The van der Waals surface area contributed by atoms with Gasteiger partial charge in [-0.15, -0.1) is 0 Å². The number of carbonyl (C=O) groups excluding carboxylic acids is 1. The SMILES string of the molecule is CNC(=O)Nc1ccc(-c2nc(N3CC4CCC(C3)O4)c3cnn([C@H]4CC[C@H](OC)CC4)c3n2)cc1. The van der Waals surface area contributed by atoms with Crippen molar-refractivity contribution in [2.24, 2.45) is 0 Å². The zero-order valence-corrected chi connectivity index (χ0v) is 20.8. The van der Waals surface area contributed by atoms with Crippen molar-refractivity contribution in [2.45, 2.75) is 62.9 Å². The largest absolute Gasteiger partial charge is 0.381 e. The van der Waals surface area contributed by atoms with Crippen LogP contribution in [0.25, 0.3) is 22.4 Å². The number of carbonyl (C=O) groups is 1. The van der Waals surface area contributed by atoms with Gasteiger partial charge in [0, 0.05) is 38.5 Å². The van der Waals surface area contributed by atoms with Crippen LogP contribution in [0.15, 0.2) is 30.5 Å². The summed E-state index contributed by atoms with van der Waals surface area (Å²) in [6.07, 6.45) is 9.07. The van der Waals surface area contributed by atoms with E-state index in [-0.39, 0.29) is 18.2 Å². The molecule has 10 nitrogen and oxygen atoms in total. The summed E-state index contributed by atoms with van der Waals surface area (Å²) < 4.78 is 13.8. The number of anilines is 2. The minimum atomic E-state index is -0.253. The molecule has 1 aliphatic carbocycles. The highest BCUT2D eigenvalue weighted by Crippen LogP contribution is 2.36. The van der Waals surface area contributed by atoms with Crippen LogP contribution in [0.1, 0.15) is 44.6 Å². The maximum atomic E-state index is 11.7. The number of nitrogens with one attached hydrogen (secondary N) is 2. The van der Waals surface area contributed by atoms with Crippen LogP contribution in [0.3, 0.4) is 0 Å². The lowest BCUT2D eigenvalue weighted by molar-refractivity contribution is 0.0303. The maximum absolute atomic E-state index is 11.7. The first kappa shape index (κ1) is 23.2. The van der Waals surface area contributed by atoms with Gasteiger partial charge in [-0.25, -0.2) is 19.4 Å². The molecule has 1 aromatic carbocycles. The molecule has 190 valence electrons. The lowest BCUT2D eigenvalue weighted by Crippen LogP contribution is -2.43. The van der Waals surface area contributed by atoms with E-state index in [2.05, 4.69) is 20.2 Å². The predicted octanol–water partition coefficient (Wildman–Crippen LogP) is 3.74. The first-order chi connectivity index (χ1) is 17.6. The Morgan fingerprint density at radius 3 is 2.42 bits per heavy atom. The molecule has 3 aliphatic rings. The van der Waals surface area contributed by atoms with E-state index in [4.69, 9.17) is 24.5 Å². The molecule has 2 saturated heterocycles. The fourth-order valence-electron chi connectivity index (χ4n) is 5.76. The second kappa shape index (κ2) is 9.67. The van der Waals surface area contributed by atoms with E-state index in [1.807, 2.05) is 30.5 Å². The van der Waals surface area contributed by atoms with Gasteiger partial charge in [-0.2, -0.15) is 5.10 Å². The van der Waals surface area contributed by atoms with Gasteiger partial charge in [-0.05, 0) is 62.8 Å². The van der Waals surface area contributed by atoms with Gasteiger partial charge in [0.25, 0.3) is 0 Å². The summed E-state index contributed by atoms with van der Waals surface area (Å²) in [5.41, 5.74) is 2.49. The molecule has 3 aromatic rings. The van der Waals surface area contributed by atoms with Crippen LogP contribution in [0.4, 0.5) is 16.3 Å². The number of methoxy groups -OCH3 is 1. The minimum absolute atomic E-state index is 0.253. The van der Waals surface area contributed by atoms with Gasteiger partial charge in [-0.3, -0.25) is 0 Å². The quantitative estimate of drug-likeness (QED) is 0.560. The number of fused-ring (bicyclic) bond motifs is 3. The smallest absolute Gasteiger partial charge is 0.318 e. The Bertz CT molecular complexity index is 1220. The Labute approximate surface area is 210 Å². The van der Waals surface area contributed by atoms with Crippen molar-refractivity contribution < 1.29 is 14.3 Å². The summed E-state index contributed by atoms with van der Waals surface area (Å²) in [6, 6.07) is 7.68. The molecule has 0 spiro atoms. The number of amides is 2. The van der Waals surface area contributed by atoms with Crippen molar-refractivity contribution in [3.05, 3.63) is 30.5 Å².